The van der Waals surface area contributed by atoms with Crippen LogP contribution in [-0.4, -0.2) is 19.2 Å². The Morgan fingerprint density at radius 1 is 1.31 bits per heavy atom. The van der Waals surface area contributed by atoms with Gasteiger partial charge in [-0.05, 0) is 43.0 Å². The van der Waals surface area contributed by atoms with Crippen LogP contribution in [0.15, 0.2) is 24.3 Å². The summed E-state index contributed by atoms with van der Waals surface area (Å²) in [5, 5.41) is 3.43. The molecule has 1 aliphatic heterocycles. The molecular weight excluding hydrogens is 198 g/mol. The van der Waals surface area contributed by atoms with Gasteiger partial charge in [0.05, 0.1) is 0 Å². The molecule has 0 aliphatic carbocycles. The number of rotatable bonds is 4. The summed E-state index contributed by atoms with van der Waals surface area (Å²) in [6, 6.07) is 9.00. The molecule has 1 fully saturated rings. The minimum absolute atomic E-state index is 0.546. The molecule has 0 aromatic heterocycles. The van der Waals surface area contributed by atoms with Crippen molar-refractivity contribution in [1.82, 2.24) is 5.32 Å². The summed E-state index contributed by atoms with van der Waals surface area (Å²) in [5.74, 6) is 1.57. The number of ether oxygens (including phenoxy) is 1. The molecule has 2 heteroatoms. The average molecular weight is 219 g/mol. The van der Waals surface area contributed by atoms with Gasteiger partial charge in [-0.2, -0.15) is 0 Å². The molecule has 88 valence electrons. The predicted octanol–water partition coefficient (Wildman–Crippen LogP) is 2.94. The minimum Gasteiger partial charge on any atom is -0.492 e. The predicted molar refractivity (Wildman–Crippen MR) is 67.1 cm³/mol. The number of hydrogen-bond acceptors (Lipinski definition) is 2. The highest BCUT2D eigenvalue weighted by Crippen LogP contribution is 2.19. The van der Waals surface area contributed by atoms with E-state index in [-0.39, 0.29) is 0 Å². The van der Waals surface area contributed by atoms with Crippen LogP contribution in [0.3, 0.4) is 0 Å². The molecule has 1 unspecified atom stereocenters. The SMILES string of the molecule is CC(C)c1ccc(OCC2CCCN2)cc1. The van der Waals surface area contributed by atoms with Crippen LogP contribution < -0.4 is 10.1 Å². The fourth-order valence-corrected chi connectivity index (χ4v) is 2.04. The maximum absolute atomic E-state index is 5.76. The molecule has 16 heavy (non-hydrogen) atoms. The summed E-state index contributed by atoms with van der Waals surface area (Å²) in [5.41, 5.74) is 1.37. The van der Waals surface area contributed by atoms with Crippen molar-refractivity contribution in [2.75, 3.05) is 13.2 Å². The Hall–Kier alpha value is -1.02. The molecule has 1 aliphatic rings. The lowest BCUT2D eigenvalue weighted by Crippen LogP contribution is -2.28. The van der Waals surface area contributed by atoms with E-state index in [1.54, 1.807) is 0 Å². The van der Waals surface area contributed by atoms with E-state index in [4.69, 9.17) is 4.74 Å². The third-order valence-corrected chi connectivity index (χ3v) is 3.16. The van der Waals surface area contributed by atoms with Crippen molar-refractivity contribution in [3.05, 3.63) is 29.8 Å². The maximum Gasteiger partial charge on any atom is 0.119 e. The van der Waals surface area contributed by atoms with E-state index < -0.39 is 0 Å². The zero-order chi connectivity index (χ0) is 11.4. The largest absolute Gasteiger partial charge is 0.492 e. The molecule has 1 heterocycles. The first-order chi connectivity index (χ1) is 7.75. The van der Waals surface area contributed by atoms with Gasteiger partial charge in [-0.3, -0.25) is 0 Å². The third-order valence-electron chi connectivity index (χ3n) is 3.16. The highest BCUT2D eigenvalue weighted by molar-refractivity contribution is 5.28. The van der Waals surface area contributed by atoms with Gasteiger partial charge >= 0.3 is 0 Å². The summed E-state index contributed by atoms with van der Waals surface area (Å²) >= 11 is 0. The first-order valence-corrected chi connectivity index (χ1v) is 6.22. The van der Waals surface area contributed by atoms with Gasteiger partial charge in [0, 0.05) is 6.04 Å². The van der Waals surface area contributed by atoms with Crippen LogP contribution in [0.25, 0.3) is 0 Å². The quantitative estimate of drug-likeness (QED) is 0.840. The van der Waals surface area contributed by atoms with E-state index in [1.807, 2.05) is 0 Å². The molecule has 0 radical (unpaired) electrons. The van der Waals surface area contributed by atoms with Gasteiger partial charge in [0.1, 0.15) is 12.4 Å². The molecular formula is C14H21NO. The van der Waals surface area contributed by atoms with Crippen molar-refractivity contribution in [3.63, 3.8) is 0 Å². The van der Waals surface area contributed by atoms with Crippen LogP contribution >= 0.6 is 0 Å². The summed E-state index contributed by atoms with van der Waals surface area (Å²) in [6.07, 6.45) is 2.52. The van der Waals surface area contributed by atoms with Crippen molar-refractivity contribution < 1.29 is 4.74 Å². The summed E-state index contributed by atoms with van der Waals surface area (Å²) < 4.78 is 5.76. The zero-order valence-electron chi connectivity index (χ0n) is 10.2. The fraction of sp³-hybridized carbons (Fsp3) is 0.571. The first kappa shape index (κ1) is 11.5. The molecule has 0 spiro atoms. The monoisotopic (exact) mass is 219 g/mol. The second-order valence-corrected chi connectivity index (χ2v) is 4.83. The molecule has 1 aromatic carbocycles. The second kappa shape index (κ2) is 5.35. The van der Waals surface area contributed by atoms with E-state index in [2.05, 4.69) is 43.4 Å². The zero-order valence-corrected chi connectivity index (χ0v) is 10.2. The van der Waals surface area contributed by atoms with Crippen molar-refractivity contribution in [2.45, 2.75) is 38.6 Å². The minimum atomic E-state index is 0.546. The number of benzene rings is 1. The highest BCUT2D eigenvalue weighted by atomic mass is 16.5. The Balaban J connectivity index is 1.84. The Labute approximate surface area is 98.0 Å². The van der Waals surface area contributed by atoms with E-state index >= 15 is 0 Å². The van der Waals surface area contributed by atoms with Gasteiger partial charge in [0.2, 0.25) is 0 Å². The maximum atomic E-state index is 5.76. The highest BCUT2D eigenvalue weighted by Gasteiger charge is 2.14. The molecule has 2 nitrogen and oxygen atoms in total. The Kier molecular flexibility index (Phi) is 3.83. The van der Waals surface area contributed by atoms with Gasteiger partial charge in [0.15, 0.2) is 0 Å². The molecule has 1 N–H and O–H groups in total. The number of nitrogens with one attached hydrogen (secondary N) is 1. The van der Waals surface area contributed by atoms with Gasteiger partial charge in [-0.15, -0.1) is 0 Å². The van der Waals surface area contributed by atoms with Crippen molar-refractivity contribution in [1.29, 1.82) is 0 Å². The Morgan fingerprint density at radius 2 is 2.06 bits per heavy atom. The Morgan fingerprint density at radius 3 is 2.62 bits per heavy atom. The standard InChI is InChI=1S/C14H21NO/c1-11(2)12-5-7-14(8-6-12)16-10-13-4-3-9-15-13/h5-8,11,13,15H,3-4,9-10H2,1-2H3. The smallest absolute Gasteiger partial charge is 0.119 e. The summed E-state index contributed by atoms with van der Waals surface area (Å²) in [6.45, 7) is 6.35. The number of hydrogen-bond donors (Lipinski definition) is 1. The molecule has 1 atom stereocenters. The Bertz CT molecular complexity index is 312. The molecule has 0 amide bonds. The van der Waals surface area contributed by atoms with Crippen molar-refractivity contribution in [2.24, 2.45) is 0 Å². The van der Waals surface area contributed by atoms with Gasteiger partial charge in [0.25, 0.3) is 0 Å². The van der Waals surface area contributed by atoms with Crippen LogP contribution in [0.1, 0.15) is 38.2 Å². The normalized spacial score (nSPS) is 20.3. The first-order valence-electron chi connectivity index (χ1n) is 6.22. The van der Waals surface area contributed by atoms with Crippen LogP contribution in [0.4, 0.5) is 0 Å². The summed E-state index contributed by atoms with van der Waals surface area (Å²) in [4.78, 5) is 0. The van der Waals surface area contributed by atoms with Crippen LogP contribution in [0.2, 0.25) is 0 Å². The molecule has 2 rings (SSSR count). The topological polar surface area (TPSA) is 21.3 Å². The van der Waals surface area contributed by atoms with E-state index in [0.717, 1.165) is 18.9 Å². The molecule has 0 saturated carbocycles. The lowest BCUT2D eigenvalue weighted by molar-refractivity contribution is 0.277. The average Bonchev–Trinajstić information content (AvgIpc) is 2.80. The molecule has 1 saturated heterocycles. The molecule has 0 bridgehead atoms. The fourth-order valence-electron chi connectivity index (χ4n) is 2.04. The molecule has 1 aromatic rings. The van der Waals surface area contributed by atoms with E-state index in [0.29, 0.717) is 12.0 Å². The summed E-state index contributed by atoms with van der Waals surface area (Å²) in [7, 11) is 0. The lowest BCUT2D eigenvalue weighted by atomic mass is 10.0. The van der Waals surface area contributed by atoms with E-state index in [1.165, 1.54) is 18.4 Å². The van der Waals surface area contributed by atoms with Crippen molar-refractivity contribution in [3.8, 4) is 5.75 Å². The van der Waals surface area contributed by atoms with Crippen LogP contribution in [-0.2, 0) is 0 Å². The lowest BCUT2D eigenvalue weighted by Gasteiger charge is -2.13. The van der Waals surface area contributed by atoms with Crippen molar-refractivity contribution >= 4 is 0 Å². The second-order valence-electron chi connectivity index (χ2n) is 4.83. The van der Waals surface area contributed by atoms with Crippen LogP contribution in [0.5, 0.6) is 5.75 Å². The third kappa shape index (κ3) is 2.99. The van der Waals surface area contributed by atoms with E-state index in [9.17, 15) is 0 Å². The van der Waals surface area contributed by atoms with Crippen LogP contribution in [0, 0.1) is 0 Å². The van der Waals surface area contributed by atoms with Gasteiger partial charge < -0.3 is 10.1 Å². The van der Waals surface area contributed by atoms with Gasteiger partial charge in [-0.1, -0.05) is 26.0 Å². The van der Waals surface area contributed by atoms with Gasteiger partial charge in [-0.25, -0.2) is 0 Å².